The highest BCUT2D eigenvalue weighted by Gasteiger charge is 2.31. The molecule has 3 rings (SSSR count). The largest absolute Gasteiger partial charge is 0.339 e. The van der Waals surface area contributed by atoms with Gasteiger partial charge in [-0.1, -0.05) is 23.7 Å². The van der Waals surface area contributed by atoms with Crippen LogP contribution in [0.4, 0.5) is 4.39 Å². The zero-order valence-corrected chi connectivity index (χ0v) is 11.3. The van der Waals surface area contributed by atoms with E-state index in [1.54, 1.807) is 12.1 Å². The first-order chi connectivity index (χ1) is 9.76. The predicted molar refractivity (Wildman–Crippen MR) is 72.6 cm³/mol. The van der Waals surface area contributed by atoms with E-state index in [9.17, 15) is 4.39 Å². The molecule has 1 aliphatic rings. The van der Waals surface area contributed by atoms with Crippen molar-refractivity contribution in [3.05, 3.63) is 47.4 Å². The van der Waals surface area contributed by atoms with Gasteiger partial charge in [-0.3, -0.25) is 0 Å². The van der Waals surface area contributed by atoms with Crippen LogP contribution in [0.2, 0.25) is 0 Å². The minimum atomic E-state index is -0.237. The van der Waals surface area contributed by atoms with E-state index in [4.69, 9.17) is 10.3 Å². The fourth-order valence-corrected chi connectivity index (χ4v) is 2.92. The Hall–Kier alpha value is -1.75. The van der Waals surface area contributed by atoms with Crippen molar-refractivity contribution in [2.45, 2.75) is 31.6 Å². The molecule has 2 atom stereocenters. The SMILES string of the molecule is NCC1CCCC1c1nc(Cc2ccc(F)cc2)no1. The minimum Gasteiger partial charge on any atom is -0.339 e. The molecule has 0 saturated heterocycles. The van der Waals surface area contributed by atoms with Crippen LogP contribution in [0.3, 0.4) is 0 Å². The highest BCUT2D eigenvalue weighted by atomic mass is 19.1. The first-order valence-corrected chi connectivity index (χ1v) is 7.03. The van der Waals surface area contributed by atoms with Crippen molar-refractivity contribution >= 4 is 0 Å². The van der Waals surface area contributed by atoms with Gasteiger partial charge in [0.25, 0.3) is 0 Å². The third-order valence-corrected chi connectivity index (χ3v) is 4.04. The number of rotatable bonds is 4. The molecular weight excluding hydrogens is 257 g/mol. The van der Waals surface area contributed by atoms with E-state index in [1.807, 2.05) is 0 Å². The van der Waals surface area contributed by atoms with Crippen molar-refractivity contribution in [2.75, 3.05) is 6.54 Å². The van der Waals surface area contributed by atoms with Crippen LogP contribution < -0.4 is 5.73 Å². The summed E-state index contributed by atoms with van der Waals surface area (Å²) < 4.78 is 18.2. The highest BCUT2D eigenvalue weighted by Crippen LogP contribution is 2.38. The van der Waals surface area contributed by atoms with Gasteiger partial charge in [-0.05, 0) is 43.0 Å². The maximum atomic E-state index is 12.9. The summed E-state index contributed by atoms with van der Waals surface area (Å²) in [5.74, 6) is 1.87. The fourth-order valence-electron chi connectivity index (χ4n) is 2.92. The van der Waals surface area contributed by atoms with Gasteiger partial charge in [-0.25, -0.2) is 4.39 Å². The second-order valence-electron chi connectivity index (χ2n) is 5.39. The topological polar surface area (TPSA) is 64.9 Å². The Morgan fingerprint density at radius 2 is 2.05 bits per heavy atom. The van der Waals surface area contributed by atoms with Crippen LogP contribution in [-0.4, -0.2) is 16.7 Å². The highest BCUT2D eigenvalue weighted by molar-refractivity contribution is 5.19. The lowest BCUT2D eigenvalue weighted by atomic mass is 9.96. The lowest BCUT2D eigenvalue weighted by Crippen LogP contribution is -2.17. The molecule has 0 amide bonds. The molecule has 20 heavy (non-hydrogen) atoms. The molecule has 1 aliphatic carbocycles. The zero-order chi connectivity index (χ0) is 13.9. The summed E-state index contributed by atoms with van der Waals surface area (Å²) in [6, 6.07) is 6.36. The average molecular weight is 275 g/mol. The van der Waals surface area contributed by atoms with Crippen LogP contribution in [0.1, 0.15) is 42.5 Å². The Morgan fingerprint density at radius 1 is 1.25 bits per heavy atom. The number of halogens is 1. The van der Waals surface area contributed by atoms with Crippen LogP contribution in [0, 0.1) is 11.7 Å². The Kier molecular flexibility index (Phi) is 3.78. The van der Waals surface area contributed by atoms with Crippen molar-refractivity contribution in [3.63, 3.8) is 0 Å². The van der Waals surface area contributed by atoms with Crippen LogP contribution in [0.5, 0.6) is 0 Å². The summed E-state index contributed by atoms with van der Waals surface area (Å²) in [4.78, 5) is 4.48. The molecule has 1 aromatic carbocycles. The van der Waals surface area contributed by atoms with Crippen molar-refractivity contribution < 1.29 is 8.91 Å². The monoisotopic (exact) mass is 275 g/mol. The van der Waals surface area contributed by atoms with E-state index < -0.39 is 0 Å². The molecule has 4 nitrogen and oxygen atoms in total. The summed E-state index contributed by atoms with van der Waals surface area (Å²) >= 11 is 0. The molecule has 1 saturated carbocycles. The smallest absolute Gasteiger partial charge is 0.230 e. The molecule has 0 spiro atoms. The van der Waals surface area contributed by atoms with Gasteiger partial charge in [0.2, 0.25) is 5.89 Å². The van der Waals surface area contributed by atoms with E-state index in [-0.39, 0.29) is 5.82 Å². The normalized spacial score (nSPS) is 22.3. The Morgan fingerprint density at radius 3 is 2.80 bits per heavy atom. The molecule has 1 aromatic heterocycles. The maximum absolute atomic E-state index is 12.9. The third-order valence-electron chi connectivity index (χ3n) is 4.04. The quantitative estimate of drug-likeness (QED) is 0.931. The molecule has 0 aliphatic heterocycles. The number of nitrogens with two attached hydrogens (primary N) is 1. The lowest BCUT2D eigenvalue weighted by Gasteiger charge is -2.12. The van der Waals surface area contributed by atoms with Gasteiger partial charge in [-0.15, -0.1) is 0 Å². The molecule has 2 unspecified atom stereocenters. The molecule has 5 heteroatoms. The predicted octanol–water partition coefficient (Wildman–Crippen LogP) is 2.64. The van der Waals surface area contributed by atoms with Crippen molar-refractivity contribution in [2.24, 2.45) is 11.7 Å². The molecular formula is C15H18FN3O. The van der Waals surface area contributed by atoms with E-state index in [1.165, 1.54) is 18.6 Å². The van der Waals surface area contributed by atoms with Crippen molar-refractivity contribution in [1.29, 1.82) is 0 Å². The molecule has 1 fully saturated rings. The van der Waals surface area contributed by atoms with Gasteiger partial charge >= 0.3 is 0 Å². The van der Waals surface area contributed by atoms with Gasteiger partial charge < -0.3 is 10.3 Å². The van der Waals surface area contributed by atoms with Crippen LogP contribution in [0.25, 0.3) is 0 Å². The molecule has 2 N–H and O–H groups in total. The Labute approximate surface area is 117 Å². The fraction of sp³-hybridized carbons (Fsp3) is 0.467. The van der Waals surface area contributed by atoms with Crippen molar-refractivity contribution in [3.8, 4) is 0 Å². The third kappa shape index (κ3) is 2.72. The summed E-state index contributed by atoms with van der Waals surface area (Å²) in [5, 5.41) is 4.03. The Balaban J connectivity index is 1.72. The van der Waals surface area contributed by atoms with E-state index in [2.05, 4.69) is 10.1 Å². The van der Waals surface area contributed by atoms with Gasteiger partial charge in [0.05, 0.1) is 0 Å². The number of benzene rings is 1. The minimum absolute atomic E-state index is 0.237. The second-order valence-corrected chi connectivity index (χ2v) is 5.39. The first kappa shape index (κ1) is 13.2. The number of hydrogen-bond acceptors (Lipinski definition) is 4. The summed E-state index contributed by atoms with van der Waals surface area (Å²) in [7, 11) is 0. The summed E-state index contributed by atoms with van der Waals surface area (Å²) in [6.07, 6.45) is 3.93. The molecule has 106 valence electrons. The number of hydrogen-bond donors (Lipinski definition) is 1. The van der Waals surface area contributed by atoms with Gasteiger partial charge in [0.1, 0.15) is 5.82 Å². The number of nitrogens with zero attached hydrogens (tertiary/aromatic N) is 2. The summed E-state index contributed by atoms with van der Waals surface area (Å²) in [5.41, 5.74) is 6.75. The van der Waals surface area contributed by atoms with Gasteiger partial charge in [0.15, 0.2) is 5.82 Å². The second kappa shape index (κ2) is 5.71. The zero-order valence-electron chi connectivity index (χ0n) is 11.3. The standard InChI is InChI=1S/C15H18FN3O/c16-12-6-4-10(5-7-12)8-14-18-15(20-19-14)13-3-1-2-11(13)9-17/h4-7,11,13H,1-3,8-9,17H2. The van der Waals surface area contributed by atoms with E-state index >= 15 is 0 Å². The molecule has 1 heterocycles. The Bertz CT molecular complexity index is 567. The lowest BCUT2D eigenvalue weighted by molar-refractivity contribution is 0.323. The average Bonchev–Trinajstić information content (AvgIpc) is 3.09. The van der Waals surface area contributed by atoms with Gasteiger partial charge in [0, 0.05) is 12.3 Å². The molecule has 0 radical (unpaired) electrons. The van der Waals surface area contributed by atoms with E-state index in [0.717, 1.165) is 18.4 Å². The van der Waals surface area contributed by atoms with E-state index in [0.29, 0.717) is 36.5 Å². The van der Waals surface area contributed by atoms with Crippen LogP contribution in [0.15, 0.2) is 28.8 Å². The molecule has 2 aromatic rings. The first-order valence-electron chi connectivity index (χ1n) is 7.03. The number of aromatic nitrogens is 2. The summed E-state index contributed by atoms with van der Waals surface area (Å²) in [6.45, 7) is 0.667. The van der Waals surface area contributed by atoms with Gasteiger partial charge in [-0.2, -0.15) is 4.98 Å². The van der Waals surface area contributed by atoms with Crippen LogP contribution >= 0.6 is 0 Å². The van der Waals surface area contributed by atoms with Crippen molar-refractivity contribution in [1.82, 2.24) is 10.1 Å². The maximum Gasteiger partial charge on any atom is 0.230 e. The molecule has 0 bridgehead atoms. The van der Waals surface area contributed by atoms with Crippen LogP contribution in [-0.2, 0) is 6.42 Å².